The third-order valence-corrected chi connectivity index (χ3v) is 5.86. The molecule has 31 heavy (non-hydrogen) atoms. The number of rotatable bonds is 3. The van der Waals surface area contributed by atoms with Gasteiger partial charge in [0.2, 0.25) is 5.95 Å². The summed E-state index contributed by atoms with van der Waals surface area (Å²) in [5, 5.41) is 3.76. The van der Waals surface area contributed by atoms with Gasteiger partial charge >= 0.3 is 0 Å². The van der Waals surface area contributed by atoms with Gasteiger partial charge in [0.25, 0.3) is 0 Å². The minimum Gasteiger partial charge on any atom is -0.396 e. The van der Waals surface area contributed by atoms with E-state index in [9.17, 15) is 0 Å². The van der Waals surface area contributed by atoms with Gasteiger partial charge in [-0.1, -0.05) is 6.07 Å². The van der Waals surface area contributed by atoms with Crippen LogP contribution in [0.4, 0.5) is 21.7 Å². The summed E-state index contributed by atoms with van der Waals surface area (Å²) in [7, 11) is 2.13. The molecule has 3 heterocycles. The molecule has 2 aromatic carbocycles. The van der Waals surface area contributed by atoms with Crippen molar-refractivity contribution in [3.8, 4) is 11.1 Å². The summed E-state index contributed by atoms with van der Waals surface area (Å²) in [5.74, 6) is -0.0387. The van der Waals surface area contributed by atoms with Crippen molar-refractivity contribution in [2.24, 2.45) is 0 Å². The number of nitrogens with one attached hydrogen (secondary N) is 1. The van der Waals surface area contributed by atoms with Crippen molar-refractivity contribution in [3.05, 3.63) is 71.4 Å². The van der Waals surface area contributed by atoms with E-state index in [0.29, 0.717) is 28.0 Å². The van der Waals surface area contributed by atoms with E-state index in [1.807, 2.05) is 19.1 Å². The molecule has 0 aliphatic carbocycles. The van der Waals surface area contributed by atoms with E-state index in [1.165, 1.54) is 11.1 Å². The highest BCUT2D eigenvalue weighted by atomic mass is 19.1. The Bertz CT molecular complexity index is 1300. The Morgan fingerprint density at radius 1 is 1.10 bits per heavy atom. The summed E-state index contributed by atoms with van der Waals surface area (Å²) in [4.78, 5) is 15.4. The van der Waals surface area contributed by atoms with Crippen LogP contribution in [0.5, 0.6) is 0 Å². The van der Waals surface area contributed by atoms with Crippen molar-refractivity contribution in [3.63, 3.8) is 0 Å². The van der Waals surface area contributed by atoms with Crippen LogP contribution in [0.1, 0.15) is 16.7 Å². The number of aromatic nitrogens is 3. The number of aryl methyl sites for hydroxylation is 1. The van der Waals surface area contributed by atoms with E-state index >= 15 is 4.39 Å². The molecule has 0 spiro atoms. The average molecular weight is 414 g/mol. The van der Waals surface area contributed by atoms with Crippen LogP contribution < -0.4 is 11.1 Å². The molecule has 0 radical (unpaired) electrons. The lowest BCUT2D eigenvalue weighted by atomic mass is 9.99. The summed E-state index contributed by atoms with van der Waals surface area (Å²) in [6.45, 7) is 3.91. The molecule has 5 rings (SSSR count). The van der Waals surface area contributed by atoms with E-state index in [2.05, 4.69) is 44.3 Å². The summed E-state index contributed by atoms with van der Waals surface area (Å²) in [6, 6.07) is 9.89. The van der Waals surface area contributed by atoms with E-state index in [-0.39, 0.29) is 5.69 Å². The van der Waals surface area contributed by atoms with Gasteiger partial charge in [0, 0.05) is 53.9 Å². The molecule has 1 aliphatic heterocycles. The fourth-order valence-electron chi connectivity index (χ4n) is 4.08. The van der Waals surface area contributed by atoms with Gasteiger partial charge in [-0.25, -0.2) is 14.4 Å². The topological polar surface area (TPSA) is 80.0 Å². The SMILES string of the molecule is Cc1ccncc1-c1cc2nc(Nc3ccc4c(c3)CN(C)CC4)ncc2c(N)c1F. The molecule has 0 unspecified atom stereocenters. The van der Waals surface area contributed by atoms with Crippen LogP contribution in [0.3, 0.4) is 0 Å². The lowest BCUT2D eigenvalue weighted by Gasteiger charge is -2.25. The molecule has 0 saturated carbocycles. The Morgan fingerprint density at radius 2 is 1.97 bits per heavy atom. The van der Waals surface area contributed by atoms with Gasteiger partial charge in [0.15, 0.2) is 5.82 Å². The number of nitrogen functional groups attached to an aromatic ring is 1. The van der Waals surface area contributed by atoms with Crippen LogP contribution in [0.15, 0.2) is 48.9 Å². The first-order chi connectivity index (χ1) is 15.0. The third kappa shape index (κ3) is 3.57. The third-order valence-electron chi connectivity index (χ3n) is 5.86. The first-order valence-corrected chi connectivity index (χ1v) is 10.2. The molecular weight excluding hydrogens is 391 g/mol. The lowest BCUT2D eigenvalue weighted by molar-refractivity contribution is 0.313. The van der Waals surface area contributed by atoms with Crippen molar-refractivity contribution in [2.75, 3.05) is 24.6 Å². The number of hydrogen-bond donors (Lipinski definition) is 2. The molecule has 2 aromatic heterocycles. The molecule has 156 valence electrons. The summed E-state index contributed by atoms with van der Waals surface area (Å²) in [5.41, 5.74) is 12.3. The molecule has 3 N–H and O–H groups in total. The van der Waals surface area contributed by atoms with Crippen molar-refractivity contribution >= 4 is 28.2 Å². The molecule has 0 amide bonds. The number of hydrogen-bond acceptors (Lipinski definition) is 6. The normalized spacial score (nSPS) is 13.9. The number of nitrogens with two attached hydrogens (primary N) is 1. The minimum absolute atomic E-state index is 0.0409. The summed E-state index contributed by atoms with van der Waals surface area (Å²) < 4.78 is 15.0. The van der Waals surface area contributed by atoms with E-state index < -0.39 is 5.82 Å². The van der Waals surface area contributed by atoms with Crippen LogP contribution >= 0.6 is 0 Å². The predicted molar refractivity (Wildman–Crippen MR) is 122 cm³/mol. The van der Waals surface area contributed by atoms with Crippen molar-refractivity contribution < 1.29 is 4.39 Å². The molecular formula is C24H23FN6. The van der Waals surface area contributed by atoms with Crippen LogP contribution in [-0.4, -0.2) is 33.4 Å². The second-order valence-corrected chi connectivity index (χ2v) is 8.07. The van der Waals surface area contributed by atoms with Crippen molar-refractivity contribution in [1.82, 2.24) is 19.9 Å². The van der Waals surface area contributed by atoms with Crippen molar-refractivity contribution in [2.45, 2.75) is 19.9 Å². The molecule has 0 atom stereocenters. The monoisotopic (exact) mass is 414 g/mol. The van der Waals surface area contributed by atoms with Crippen molar-refractivity contribution in [1.29, 1.82) is 0 Å². The van der Waals surface area contributed by atoms with Crippen LogP contribution in [0.2, 0.25) is 0 Å². The smallest absolute Gasteiger partial charge is 0.227 e. The van der Waals surface area contributed by atoms with E-state index in [0.717, 1.165) is 30.8 Å². The number of likely N-dealkylation sites (N-methyl/N-ethyl adjacent to an activating group) is 1. The first kappa shape index (κ1) is 19.4. The minimum atomic E-state index is -0.480. The second kappa shape index (κ2) is 7.59. The fraction of sp³-hybridized carbons (Fsp3) is 0.208. The Hall–Kier alpha value is -3.58. The van der Waals surface area contributed by atoms with Gasteiger partial charge in [-0.2, -0.15) is 0 Å². The number of nitrogens with zero attached hydrogens (tertiary/aromatic N) is 4. The maximum atomic E-state index is 15.0. The van der Waals surface area contributed by atoms with E-state index in [4.69, 9.17) is 5.73 Å². The maximum Gasteiger partial charge on any atom is 0.227 e. The number of fused-ring (bicyclic) bond motifs is 2. The number of pyridine rings is 1. The van der Waals surface area contributed by atoms with E-state index in [1.54, 1.807) is 24.7 Å². The molecule has 0 fully saturated rings. The molecule has 0 saturated heterocycles. The van der Waals surface area contributed by atoms with Gasteiger partial charge in [-0.3, -0.25) is 4.98 Å². The Kier molecular flexibility index (Phi) is 4.75. The van der Waals surface area contributed by atoms with Gasteiger partial charge in [-0.05, 0) is 61.3 Å². The number of benzene rings is 2. The van der Waals surface area contributed by atoms with Gasteiger partial charge in [0.1, 0.15) is 0 Å². The largest absolute Gasteiger partial charge is 0.396 e. The first-order valence-electron chi connectivity index (χ1n) is 10.2. The molecule has 0 bridgehead atoms. The highest BCUT2D eigenvalue weighted by Crippen LogP contribution is 2.34. The summed E-state index contributed by atoms with van der Waals surface area (Å²) >= 11 is 0. The quantitative estimate of drug-likeness (QED) is 0.482. The summed E-state index contributed by atoms with van der Waals surface area (Å²) in [6.07, 6.45) is 5.94. The fourth-order valence-corrected chi connectivity index (χ4v) is 4.08. The Balaban J connectivity index is 1.53. The maximum absolute atomic E-state index is 15.0. The number of halogens is 1. The predicted octanol–water partition coefficient (Wildman–Crippen LogP) is 4.45. The van der Waals surface area contributed by atoms with Gasteiger partial charge in [-0.15, -0.1) is 0 Å². The highest BCUT2D eigenvalue weighted by Gasteiger charge is 2.17. The average Bonchev–Trinajstić information content (AvgIpc) is 2.76. The zero-order chi connectivity index (χ0) is 21.5. The second-order valence-electron chi connectivity index (χ2n) is 8.07. The number of anilines is 3. The highest BCUT2D eigenvalue weighted by molar-refractivity contribution is 5.95. The molecule has 4 aromatic rings. The molecule has 1 aliphatic rings. The van der Waals surface area contributed by atoms with Crippen LogP contribution in [0, 0.1) is 12.7 Å². The Morgan fingerprint density at radius 3 is 2.81 bits per heavy atom. The van der Waals surface area contributed by atoms with Crippen LogP contribution in [-0.2, 0) is 13.0 Å². The van der Waals surface area contributed by atoms with Crippen LogP contribution in [0.25, 0.3) is 22.0 Å². The Labute approximate surface area is 180 Å². The van der Waals surface area contributed by atoms with Gasteiger partial charge in [0.05, 0.1) is 11.2 Å². The zero-order valence-electron chi connectivity index (χ0n) is 17.5. The van der Waals surface area contributed by atoms with Gasteiger partial charge < -0.3 is 16.0 Å². The standard InChI is InChI=1S/C24H23FN6/c1-14-5-7-27-11-19(14)18-10-21-20(23(26)22(18)25)12-28-24(30-21)29-17-4-3-15-6-8-31(2)13-16(15)9-17/h3-5,7,9-12H,6,8,13,26H2,1-2H3,(H,28,29,30). The molecule has 7 heteroatoms. The zero-order valence-corrected chi connectivity index (χ0v) is 17.5. The molecule has 6 nitrogen and oxygen atoms in total. The lowest BCUT2D eigenvalue weighted by Crippen LogP contribution is -2.26.